The van der Waals surface area contributed by atoms with Gasteiger partial charge < -0.3 is 9.80 Å². The summed E-state index contributed by atoms with van der Waals surface area (Å²) in [6.07, 6.45) is 1.70. The molecule has 0 aliphatic carbocycles. The predicted octanol–water partition coefficient (Wildman–Crippen LogP) is 0.478. The summed E-state index contributed by atoms with van der Waals surface area (Å²) in [6.45, 7) is 5.45. The van der Waals surface area contributed by atoms with E-state index < -0.39 is 6.04 Å². The van der Waals surface area contributed by atoms with Gasteiger partial charge in [-0.1, -0.05) is 0 Å². The minimum atomic E-state index is -0.593. The first-order chi connectivity index (χ1) is 12.4. The molecule has 2 aliphatic heterocycles. The van der Waals surface area contributed by atoms with E-state index in [9.17, 15) is 14.4 Å². The van der Waals surface area contributed by atoms with Gasteiger partial charge in [-0.25, -0.2) is 14.5 Å². The Hall–Kier alpha value is -2.97. The van der Waals surface area contributed by atoms with Crippen LogP contribution in [0.15, 0.2) is 12.3 Å². The lowest BCUT2D eigenvalue weighted by Crippen LogP contribution is -2.54. The number of fused-ring (bicyclic) bond motifs is 2. The van der Waals surface area contributed by atoms with Crippen molar-refractivity contribution in [3.8, 4) is 0 Å². The number of hydrogen-bond donors (Lipinski definition) is 0. The lowest BCUT2D eigenvalue weighted by molar-refractivity contribution is -0.128. The highest BCUT2D eigenvalue weighted by Gasteiger charge is 2.46. The topological polar surface area (TPSA) is 91.6 Å². The van der Waals surface area contributed by atoms with Crippen LogP contribution in [0.2, 0.25) is 0 Å². The van der Waals surface area contributed by atoms with Crippen LogP contribution >= 0.6 is 0 Å². The fourth-order valence-electron chi connectivity index (χ4n) is 3.63. The Kier molecular flexibility index (Phi) is 3.67. The van der Waals surface area contributed by atoms with Crippen LogP contribution < -0.4 is 0 Å². The normalized spacial score (nSPS) is 20.3. The van der Waals surface area contributed by atoms with Gasteiger partial charge in [-0.05, 0) is 19.9 Å². The number of nitrogens with zero attached hydrogens (tertiary/aromatic N) is 6. The lowest BCUT2D eigenvalue weighted by Gasteiger charge is -2.35. The molecule has 0 saturated carbocycles. The minimum Gasteiger partial charge on any atom is -0.334 e. The molecule has 0 aromatic carbocycles. The summed E-state index contributed by atoms with van der Waals surface area (Å²) in [7, 11) is 1.47. The molecule has 26 heavy (non-hydrogen) atoms. The number of rotatable bonds is 2. The van der Waals surface area contributed by atoms with E-state index in [0.717, 1.165) is 15.9 Å². The number of imide groups is 1. The molecule has 0 radical (unpaired) electrons. The average molecular weight is 356 g/mol. The molecule has 4 rings (SSSR count). The fourth-order valence-corrected chi connectivity index (χ4v) is 3.63. The van der Waals surface area contributed by atoms with Crippen molar-refractivity contribution in [2.75, 3.05) is 26.7 Å². The number of carbonyl (C=O) groups excluding carboxylic acids is 3. The zero-order valence-electron chi connectivity index (χ0n) is 15.0. The maximum Gasteiger partial charge on any atom is 0.327 e. The summed E-state index contributed by atoms with van der Waals surface area (Å²) in [5.41, 5.74) is 1.89. The van der Waals surface area contributed by atoms with Gasteiger partial charge in [0.05, 0.1) is 24.0 Å². The van der Waals surface area contributed by atoms with Crippen molar-refractivity contribution in [2.24, 2.45) is 0 Å². The molecule has 2 saturated heterocycles. The first-order valence-electron chi connectivity index (χ1n) is 8.63. The van der Waals surface area contributed by atoms with Crippen molar-refractivity contribution in [3.63, 3.8) is 0 Å². The van der Waals surface area contributed by atoms with Gasteiger partial charge in [-0.3, -0.25) is 14.5 Å². The van der Waals surface area contributed by atoms with Crippen molar-refractivity contribution in [1.82, 2.24) is 29.5 Å². The van der Waals surface area contributed by atoms with Gasteiger partial charge in [-0.2, -0.15) is 5.10 Å². The third-order valence-corrected chi connectivity index (χ3v) is 5.15. The molecular formula is C17H20N6O3. The van der Waals surface area contributed by atoms with Crippen molar-refractivity contribution < 1.29 is 14.4 Å². The average Bonchev–Trinajstić information content (AvgIpc) is 3.14. The van der Waals surface area contributed by atoms with Crippen LogP contribution in [-0.4, -0.2) is 80.0 Å². The number of hydrogen-bond acceptors (Lipinski definition) is 5. The first kappa shape index (κ1) is 16.5. The van der Waals surface area contributed by atoms with E-state index >= 15 is 0 Å². The molecule has 2 aromatic rings. The van der Waals surface area contributed by atoms with Crippen molar-refractivity contribution >= 4 is 28.9 Å². The molecule has 4 heterocycles. The third-order valence-electron chi connectivity index (χ3n) is 5.15. The summed E-state index contributed by atoms with van der Waals surface area (Å²) < 4.78 is 1.79. The molecule has 0 bridgehead atoms. The van der Waals surface area contributed by atoms with Gasteiger partial charge >= 0.3 is 6.03 Å². The Morgan fingerprint density at radius 3 is 2.81 bits per heavy atom. The van der Waals surface area contributed by atoms with Crippen LogP contribution in [0.4, 0.5) is 4.79 Å². The van der Waals surface area contributed by atoms with Gasteiger partial charge in [0.1, 0.15) is 6.04 Å². The quantitative estimate of drug-likeness (QED) is 0.730. The van der Waals surface area contributed by atoms with Gasteiger partial charge in [0.15, 0.2) is 5.65 Å². The van der Waals surface area contributed by atoms with E-state index in [0.29, 0.717) is 30.9 Å². The Morgan fingerprint density at radius 2 is 2.08 bits per heavy atom. The highest BCUT2D eigenvalue weighted by atomic mass is 16.2. The van der Waals surface area contributed by atoms with Crippen LogP contribution in [0, 0.1) is 6.92 Å². The molecule has 2 aromatic heterocycles. The Balaban J connectivity index is 1.62. The standard InChI is InChI=1S/C17H20N6O3/c1-4-23-14-11(8-18-23)7-12(10(2)19-14)15(24)21-5-6-22-13(9-21)16(25)20(3)17(22)26/h7-8,13H,4-6,9H2,1-3H3. The van der Waals surface area contributed by atoms with Gasteiger partial charge in [0, 0.05) is 32.1 Å². The van der Waals surface area contributed by atoms with E-state index in [-0.39, 0.29) is 24.4 Å². The zero-order valence-corrected chi connectivity index (χ0v) is 15.0. The number of aromatic nitrogens is 3. The Labute approximate surface area is 150 Å². The smallest absolute Gasteiger partial charge is 0.327 e. The molecular weight excluding hydrogens is 336 g/mol. The van der Waals surface area contributed by atoms with Crippen LogP contribution in [0.25, 0.3) is 11.0 Å². The number of likely N-dealkylation sites (N-methyl/N-ethyl adjacent to an activating group) is 1. The number of pyridine rings is 1. The monoisotopic (exact) mass is 356 g/mol. The molecule has 1 atom stereocenters. The Bertz CT molecular complexity index is 936. The number of piperazine rings is 1. The van der Waals surface area contributed by atoms with E-state index in [2.05, 4.69) is 10.1 Å². The number of amides is 4. The van der Waals surface area contributed by atoms with Crippen molar-refractivity contribution in [2.45, 2.75) is 26.4 Å². The summed E-state index contributed by atoms with van der Waals surface area (Å²) in [5, 5.41) is 5.08. The zero-order chi connectivity index (χ0) is 18.6. The van der Waals surface area contributed by atoms with E-state index in [4.69, 9.17) is 0 Å². The molecule has 0 N–H and O–H groups in total. The SMILES string of the molecule is CCn1ncc2cc(C(=O)N3CCN4C(=O)N(C)C(=O)C4C3)c(C)nc21. The van der Waals surface area contributed by atoms with Crippen LogP contribution in [0.5, 0.6) is 0 Å². The largest absolute Gasteiger partial charge is 0.334 e. The number of aryl methyl sites for hydroxylation is 2. The molecule has 136 valence electrons. The Morgan fingerprint density at radius 1 is 1.31 bits per heavy atom. The maximum absolute atomic E-state index is 13.0. The summed E-state index contributed by atoms with van der Waals surface area (Å²) in [6, 6.07) is 0.919. The molecule has 1 unspecified atom stereocenters. The van der Waals surface area contributed by atoms with Crippen LogP contribution in [0.3, 0.4) is 0 Å². The number of carbonyl (C=O) groups is 3. The highest BCUT2D eigenvalue weighted by Crippen LogP contribution is 2.23. The van der Waals surface area contributed by atoms with E-state index in [1.165, 1.54) is 11.9 Å². The fraction of sp³-hybridized carbons (Fsp3) is 0.471. The lowest BCUT2D eigenvalue weighted by atomic mass is 10.1. The second-order valence-electron chi connectivity index (χ2n) is 6.63. The first-order valence-corrected chi connectivity index (χ1v) is 8.63. The van der Waals surface area contributed by atoms with Crippen LogP contribution in [0.1, 0.15) is 23.0 Å². The second-order valence-corrected chi connectivity index (χ2v) is 6.63. The second kappa shape index (κ2) is 5.79. The summed E-state index contributed by atoms with van der Waals surface area (Å²) in [4.78, 5) is 46.1. The van der Waals surface area contributed by atoms with Crippen LogP contribution in [-0.2, 0) is 11.3 Å². The molecule has 2 fully saturated rings. The van der Waals surface area contributed by atoms with Gasteiger partial charge in [0.25, 0.3) is 11.8 Å². The maximum atomic E-state index is 13.0. The van der Waals surface area contributed by atoms with Crippen molar-refractivity contribution in [1.29, 1.82) is 0 Å². The molecule has 0 spiro atoms. The van der Waals surface area contributed by atoms with Crippen molar-refractivity contribution in [3.05, 3.63) is 23.5 Å². The van der Waals surface area contributed by atoms with E-state index in [1.807, 2.05) is 6.92 Å². The highest BCUT2D eigenvalue weighted by molar-refractivity contribution is 6.05. The van der Waals surface area contributed by atoms with Gasteiger partial charge in [0.2, 0.25) is 0 Å². The van der Waals surface area contributed by atoms with Gasteiger partial charge in [-0.15, -0.1) is 0 Å². The molecule has 9 heteroatoms. The minimum absolute atomic E-state index is 0.171. The third kappa shape index (κ3) is 2.27. The summed E-state index contributed by atoms with van der Waals surface area (Å²) in [5.74, 6) is -0.433. The molecule has 4 amide bonds. The summed E-state index contributed by atoms with van der Waals surface area (Å²) >= 11 is 0. The predicted molar refractivity (Wildman–Crippen MR) is 92.5 cm³/mol. The molecule has 9 nitrogen and oxygen atoms in total. The number of urea groups is 1. The molecule has 2 aliphatic rings. The van der Waals surface area contributed by atoms with E-state index in [1.54, 1.807) is 28.8 Å².